The van der Waals surface area contributed by atoms with Gasteiger partial charge in [0.1, 0.15) is 0 Å². The van der Waals surface area contributed by atoms with Gasteiger partial charge in [0.2, 0.25) is 10.0 Å². The van der Waals surface area contributed by atoms with Crippen LogP contribution in [0.25, 0.3) is 0 Å². The summed E-state index contributed by atoms with van der Waals surface area (Å²) < 4.78 is 25.4. The Hall–Kier alpha value is -0.960. The van der Waals surface area contributed by atoms with E-state index in [1.54, 1.807) is 0 Å². The fourth-order valence-corrected chi connectivity index (χ4v) is 3.71. The quantitative estimate of drug-likeness (QED) is 0.695. The van der Waals surface area contributed by atoms with Crippen molar-refractivity contribution in [2.24, 2.45) is 11.7 Å². The Morgan fingerprint density at radius 1 is 1.58 bits per heavy atom. The first kappa shape index (κ1) is 14.4. The summed E-state index contributed by atoms with van der Waals surface area (Å²) in [5.74, 6) is 0.208. The topological polar surface area (TPSA) is 101 Å². The maximum atomic E-state index is 12.0. The molecule has 1 amide bonds. The fourth-order valence-electron chi connectivity index (χ4n) is 1.80. The van der Waals surface area contributed by atoms with Crippen LogP contribution in [0.5, 0.6) is 0 Å². The molecule has 19 heavy (non-hydrogen) atoms. The number of nitrogens with two attached hydrogens (primary N) is 1. The molecule has 1 aromatic rings. The molecule has 1 aromatic heterocycles. The molecule has 0 spiro atoms. The molecule has 1 aliphatic rings. The molecule has 1 heterocycles. The average Bonchev–Trinajstić information content (AvgIpc) is 3.10. The first-order valence-electron chi connectivity index (χ1n) is 6.01. The van der Waals surface area contributed by atoms with Crippen molar-refractivity contribution in [3.05, 3.63) is 16.3 Å². The largest absolute Gasteiger partial charge is 0.347 e. The van der Waals surface area contributed by atoms with Crippen LogP contribution in [0.3, 0.4) is 0 Å². The zero-order valence-electron chi connectivity index (χ0n) is 10.5. The maximum Gasteiger partial charge on any atom is 0.261 e. The highest BCUT2D eigenvalue weighted by molar-refractivity contribution is 7.89. The summed E-state index contributed by atoms with van der Waals surface area (Å²) in [6.45, 7) is 0.406. The van der Waals surface area contributed by atoms with Crippen molar-refractivity contribution in [2.75, 3.05) is 13.6 Å². The van der Waals surface area contributed by atoms with Gasteiger partial charge < -0.3 is 11.1 Å². The second kappa shape index (κ2) is 5.58. The van der Waals surface area contributed by atoms with Gasteiger partial charge in [-0.05, 0) is 31.9 Å². The molecule has 1 fully saturated rings. The molecule has 2 rings (SSSR count). The van der Waals surface area contributed by atoms with Gasteiger partial charge in [0.05, 0.1) is 9.77 Å². The van der Waals surface area contributed by atoms with Crippen molar-refractivity contribution < 1.29 is 13.2 Å². The second-order valence-corrected chi connectivity index (χ2v) is 7.31. The van der Waals surface area contributed by atoms with Crippen LogP contribution in [-0.2, 0) is 10.0 Å². The Morgan fingerprint density at radius 2 is 2.26 bits per heavy atom. The van der Waals surface area contributed by atoms with Gasteiger partial charge in [-0.15, -0.1) is 11.3 Å². The number of carbonyl (C=O) groups excluding carboxylic acids is 1. The van der Waals surface area contributed by atoms with E-state index in [-0.39, 0.29) is 16.8 Å². The monoisotopic (exact) mass is 303 g/mol. The minimum absolute atomic E-state index is 0.0149. The highest BCUT2D eigenvalue weighted by Gasteiger charge is 2.31. The van der Waals surface area contributed by atoms with Gasteiger partial charge >= 0.3 is 0 Å². The summed E-state index contributed by atoms with van der Waals surface area (Å²) >= 11 is 1.11. The highest BCUT2D eigenvalue weighted by Crippen LogP contribution is 2.32. The Kier molecular flexibility index (Phi) is 4.24. The summed E-state index contributed by atoms with van der Waals surface area (Å²) in [4.78, 5) is 12.5. The lowest BCUT2D eigenvalue weighted by Crippen LogP contribution is -2.41. The highest BCUT2D eigenvalue weighted by atomic mass is 32.2. The summed E-state index contributed by atoms with van der Waals surface area (Å²) in [5, 5.41) is 4.31. The SMILES string of the molecule is CNS(=O)(=O)c1csc(C(=O)NC(CN)C2CC2)c1. The Balaban J connectivity index is 2.07. The van der Waals surface area contributed by atoms with Gasteiger partial charge in [0.25, 0.3) is 5.91 Å². The molecule has 1 saturated carbocycles. The zero-order chi connectivity index (χ0) is 14.0. The zero-order valence-corrected chi connectivity index (χ0v) is 12.2. The lowest BCUT2D eigenvalue weighted by molar-refractivity contribution is 0.0937. The van der Waals surface area contributed by atoms with Gasteiger partial charge in [-0.3, -0.25) is 4.79 Å². The van der Waals surface area contributed by atoms with E-state index < -0.39 is 10.0 Å². The number of hydrogen-bond donors (Lipinski definition) is 3. The van der Waals surface area contributed by atoms with Crippen molar-refractivity contribution in [1.29, 1.82) is 0 Å². The summed E-state index contributed by atoms with van der Waals surface area (Å²) in [5.41, 5.74) is 5.62. The number of rotatable bonds is 6. The van der Waals surface area contributed by atoms with Crippen LogP contribution in [0, 0.1) is 5.92 Å². The smallest absolute Gasteiger partial charge is 0.261 e. The molecular formula is C11H17N3O3S2. The number of carbonyl (C=O) groups is 1. The third-order valence-corrected chi connectivity index (χ3v) is 5.61. The third-order valence-electron chi connectivity index (χ3n) is 3.14. The molecule has 1 unspecified atom stereocenters. The van der Waals surface area contributed by atoms with Crippen molar-refractivity contribution in [3.63, 3.8) is 0 Å². The van der Waals surface area contributed by atoms with E-state index in [0.29, 0.717) is 17.3 Å². The predicted molar refractivity (Wildman–Crippen MR) is 73.6 cm³/mol. The number of hydrogen-bond acceptors (Lipinski definition) is 5. The van der Waals surface area contributed by atoms with E-state index in [1.165, 1.54) is 18.5 Å². The molecule has 4 N–H and O–H groups in total. The number of amides is 1. The van der Waals surface area contributed by atoms with Crippen LogP contribution in [0.15, 0.2) is 16.3 Å². The van der Waals surface area contributed by atoms with Crippen molar-refractivity contribution >= 4 is 27.3 Å². The van der Waals surface area contributed by atoms with Gasteiger partial charge in [0.15, 0.2) is 0 Å². The van der Waals surface area contributed by atoms with Crippen LogP contribution in [0.4, 0.5) is 0 Å². The average molecular weight is 303 g/mol. The lowest BCUT2D eigenvalue weighted by Gasteiger charge is -2.14. The molecule has 0 aliphatic heterocycles. The van der Waals surface area contributed by atoms with Gasteiger partial charge in [-0.2, -0.15) is 0 Å². The Labute approximate surface area is 116 Å². The summed E-state index contributed by atoms with van der Waals surface area (Å²) in [6, 6.07) is 1.37. The molecule has 0 saturated heterocycles. The molecule has 1 aliphatic carbocycles. The Bertz CT molecular complexity index is 563. The van der Waals surface area contributed by atoms with E-state index in [4.69, 9.17) is 5.73 Å². The summed E-state index contributed by atoms with van der Waals surface area (Å²) in [6.07, 6.45) is 2.18. The van der Waals surface area contributed by atoms with Crippen molar-refractivity contribution in [1.82, 2.24) is 10.0 Å². The van der Waals surface area contributed by atoms with Crippen LogP contribution in [-0.4, -0.2) is 34.0 Å². The molecule has 0 radical (unpaired) electrons. The normalized spacial score (nSPS) is 17.2. The first-order valence-corrected chi connectivity index (χ1v) is 8.37. The summed E-state index contributed by atoms with van der Waals surface area (Å²) in [7, 11) is -2.16. The second-order valence-electron chi connectivity index (χ2n) is 4.51. The maximum absolute atomic E-state index is 12.0. The molecule has 0 aromatic carbocycles. The van der Waals surface area contributed by atoms with Gasteiger partial charge in [0, 0.05) is 18.0 Å². The number of sulfonamides is 1. The fraction of sp³-hybridized carbons (Fsp3) is 0.545. The van der Waals surface area contributed by atoms with Crippen molar-refractivity contribution in [2.45, 2.75) is 23.8 Å². The molecule has 106 valence electrons. The molecule has 0 bridgehead atoms. The Morgan fingerprint density at radius 3 is 2.79 bits per heavy atom. The minimum atomic E-state index is -3.49. The van der Waals surface area contributed by atoms with Crippen LogP contribution < -0.4 is 15.8 Å². The van der Waals surface area contributed by atoms with Gasteiger partial charge in [-0.25, -0.2) is 13.1 Å². The van der Waals surface area contributed by atoms with Crippen LogP contribution >= 0.6 is 11.3 Å². The van der Waals surface area contributed by atoms with Crippen LogP contribution in [0.2, 0.25) is 0 Å². The van der Waals surface area contributed by atoms with Gasteiger partial charge in [-0.1, -0.05) is 0 Å². The minimum Gasteiger partial charge on any atom is -0.347 e. The van der Waals surface area contributed by atoms with E-state index in [0.717, 1.165) is 24.2 Å². The van der Waals surface area contributed by atoms with E-state index >= 15 is 0 Å². The molecule has 1 atom stereocenters. The standard InChI is InChI=1S/C11H17N3O3S2/c1-13-19(16,17)8-4-10(18-6-8)11(15)14-9(5-12)7-2-3-7/h4,6-7,9,13H,2-3,5,12H2,1H3,(H,14,15). The molecule has 8 heteroatoms. The van der Waals surface area contributed by atoms with Crippen molar-refractivity contribution in [3.8, 4) is 0 Å². The molecule has 6 nitrogen and oxygen atoms in total. The molecular weight excluding hydrogens is 286 g/mol. The first-order chi connectivity index (χ1) is 8.97. The van der Waals surface area contributed by atoms with Crippen LogP contribution in [0.1, 0.15) is 22.5 Å². The lowest BCUT2D eigenvalue weighted by atomic mass is 10.2. The number of thiophene rings is 1. The predicted octanol–water partition coefficient (Wildman–Crippen LogP) is 0.123. The van der Waals surface area contributed by atoms with E-state index in [2.05, 4.69) is 10.0 Å². The number of nitrogens with one attached hydrogen (secondary N) is 2. The van der Waals surface area contributed by atoms with E-state index in [9.17, 15) is 13.2 Å². The van der Waals surface area contributed by atoms with E-state index in [1.807, 2.05) is 0 Å². The third kappa shape index (κ3) is 3.33.